The van der Waals surface area contributed by atoms with E-state index < -0.39 is 23.7 Å². The first-order valence-electron chi connectivity index (χ1n) is 6.87. The minimum absolute atomic E-state index is 0.00999. The maximum Gasteiger partial charge on any atom is 0.416 e. The number of anilines is 1. The maximum atomic E-state index is 12.7. The monoisotopic (exact) mass is 349 g/mol. The zero-order chi connectivity index (χ0) is 17.2. The molecule has 5 nitrogen and oxygen atoms in total. The summed E-state index contributed by atoms with van der Waals surface area (Å²) in [5, 5.41) is 5.03. The van der Waals surface area contributed by atoms with Gasteiger partial charge >= 0.3 is 6.18 Å². The van der Waals surface area contributed by atoms with Crippen LogP contribution in [0.5, 0.6) is 0 Å². The molecule has 1 atom stereocenters. The third-order valence-corrected chi connectivity index (χ3v) is 3.87. The van der Waals surface area contributed by atoms with Gasteiger partial charge in [-0.25, -0.2) is 0 Å². The Labute approximate surface area is 135 Å². The molecule has 2 rings (SSSR count). The highest BCUT2D eigenvalue weighted by molar-refractivity contribution is 6.33. The molecule has 1 fully saturated rings. The number of nitrogens with zero attached hydrogens (tertiary/aromatic N) is 1. The van der Waals surface area contributed by atoms with Gasteiger partial charge in [0.2, 0.25) is 11.8 Å². The lowest BCUT2D eigenvalue weighted by Crippen LogP contribution is -2.55. The van der Waals surface area contributed by atoms with Gasteiger partial charge in [0.1, 0.15) is 0 Å². The van der Waals surface area contributed by atoms with Crippen molar-refractivity contribution in [3.63, 3.8) is 0 Å². The average Bonchev–Trinajstić information content (AvgIpc) is 2.45. The van der Waals surface area contributed by atoms with Crippen molar-refractivity contribution < 1.29 is 22.8 Å². The second kappa shape index (κ2) is 6.76. The molecule has 0 radical (unpaired) electrons. The van der Waals surface area contributed by atoms with Crippen LogP contribution in [0.3, 0.4) is 0 Å². The molecule has 1 aliphatic rings. The summed E-state index contributed by atoms with van der Waals surface area (Å²) in [7, 11) is 0. The quantitative estimate of drug-likeness (QED) is 0.878. The van der Waals surface area contributed by atoms with E-state index >= 15 is 0 Å². The summed E-state index contributed by atoms with van der Waals surface area (Å²) in [5.41, 5.74) is -1.01. The van der Waals surface area contributed by atoms with E-state index in [4.69, 9.17) is 11.6 Å². The molecule has 126 valence electrons. The van der Waals surface area contributed by atoms with Crippen LogP contribution in [0, 0.1) is 0 Å². The van der Waals surface area contributed by atoms with Gasteiger partial charge in [-0.05, 0) is 25.1 Å². The van der Waals surface area contributed by atoms with Crippen LogP contribution in [0.2, 0.25) is 5.02 Å². The molecule has 0 spiro atoms. The molecule has 2 N–H and O–H groups in total. The summed E-state index contributed by atoms with van der Waals surface area (Å²) in [5.74, 6) is -0.728. The Morgan fingerprint density at radius 2 is 2.17 bits per heavy atom. The van der Waals surface area contributed by atoms with Crippen molar-refractivity contribution in [3.05, 3.63) is 28.8 Å². The van der Waals surface area contributed by atoms with Crippen LogP contribution in [0.25, 0.3) is 0 Å². The number of rotatable bonds is 3. The van der Waals surface area contributed by atoms with E-state index in [9.17, 15) is 22.8 Å². The standard InChI is InChI=1S/C14H15ClF3N3O2/c1-8-13(23)19-4-5-21(8)7-12(22)20-11-6-9(14(16,17)18)2-3-10(11)15/h2-3,6,8H,4-5,7H2,1H3,(H,19,23)(H,20,22). The van der Waals surface area contributed by atoms with Crippen molar-refractivity contribution in [1.82, 2.24) is 10.2 Å². The van der Waals surface area contributed by atoms with E-state index in [1.54, 1.807) is 11.8 Å². The molecule has 1 saturated heterocycles. The Morgan fingerprint density at radius 1 is 1.48 bits per heavy atom. The van der Waals surface area contributed by atoms with E-state index in [-0.39, 0.29) is 23.2 Å². The van der Waals surface area contributed by atoms with Gasteiger partial charge in [0, 0.05) is 13.1 Å². The molecule has 1 aromatic carbocycles. The first-order chi connectivity index (χ1) is 10.7. The third kappa shape index (κ3) is 4.35. The molecule has 23 heavy (non-hydrogen) atoms. The number of benzene rings is 1. The van der Waals surface area contributed by atoms with E-state index in [2.05, 4.69) is 10.6 Å². The molecule has 2 amide bonds. The Morgan fingerprint density at radius 3 is 2.83 bits per heavy atom. The van der Waals surface area contributed by atoms with Gasteiger partial charge in [-0.2, -0.15) is 13.2 Å². The summed E-state index contributed by atoms with van der Waals surface area (Å²) in [6, 6.07) is 2.23. The number of halogens is 4. The van der Waals surface area contributed by atoms with Gasteiger partial charge in [-0.1, -0.05) is 11.6 Å². The molecular formula is C14H15ClF3N3O2. The molecule has 1 unspecified atom stereocenters. The molecule has 0 bridgehead atoms. The van der Waals surface area contributed by atoms with Gasteiger partial charge in [0.05, 0.1) is 28.9 Å². The van der Waals surface area contributed by atoms with Crippen LogP contribution < -0.4 is 10.6 Å². The predicted molar refractivity (Wildman–Crippen MR) is 79.1 cm³/mol. The number of hydrogen-bond donors (Lipinski definition) is 2. The summed E-state index contributed by atoms with van der Waals surface area (Å²) >= 11 is 5.83. The van der Waals surface area contributed by atoms with Crippen LogP contribution in [-0.2, 0) is 15.8 Å². The van der Waals surface area contributed by atoms with Crippen molar-refractivity contribution in [2.45, 2.75) is 19.1 Å². The van der Waals surface area contributed by atoms with Gasteiger partial charge in [-0.3, -0.25) is 14.5 Å². The predicted octanol–water partition coefficient (Wildman–Crippen LogP) is 2.12. The zero-order valence-electron chi connectivity index (χ0n) is 12.2. The fourth-order valence-electron chi connectivity index (χ4n) is 2.22. The molecule has 0 aliphatic carbocycles. The largest absolute Gasteiger partial charge is 0.416 e. The Kier molecular flexibility index (Phi) is 5.16. The zero-order valence-corrected chi connectivity index (χ0v) is 13.0. The highest BCUT2D eigenvalue weighted by Gasteiger charge is 2.31. The number of piperazine rings is 1. The summed E-state index contributed by atoms with van der Waals surface area (Å²) in [4.78, 5) is 25.2. The van der Waals surface area contributed by atoms with Crippen molar-refractivity contribution in [1.29, 1.82) is 0 Å². The van der Waals surface area contributed by atoms with E-state index in [1.807, 2.05) is 0 Å². The van der Waals surface area contributed by atoms with E-state index in [1.165, 1.54) is 0 Å². The first-order valence-corrected chi connectivity index (χ1v) is 7.24. The van der Waals surface area contributed by atoms with E-state index in [0.29, 0.717) is 13.1 Å². The molecule has 1 aromatic rings. The van der Waals surface area contributed by atoms with Crippen LogP contribution in [0.15, 0.2) is 18.2 Å². The number of alkyl halides is 3. The number of carbonyl (C=O) groups excluding carboxylic acids is 2. The van der Waals surface area contributed by atoms with Crippen LogP contribution in [0.1, 0.15) is 12.5 Å². The van der Waals surface area contributed by atoms with Crippen LogP contribution in [-0.4, -0.2) is 42.4 Å². The SMILES string of the molecule is CC1C(=O)NCCN1CC(=O)Nc1cc(C(F)(F)F)ccc1Cl. The summed E-state index contributed by atoms with van der Waals surface area (Å²) < 4.78 is 38.1. The summed E-state index contributed by atoms with van der Waals surface area (Å²) in [6.45, 7) is 2.44. The van der Waals surface area contributed by atoms with Crippen molar-refractivity contribution in [3.8, 4) is 0 Å². The van der Waals surface area contributed by atoms with Gasteiger partial charge < -0.3 is 10.6 Å². The lowest BCUT2D eigenvalue weighted by atomic mass is 10.2. The molecular weight excluding hydrogens is 335 g/mol. The lowest BCUT2D eigenvalue weighted by Gasteiger charge is -2.32. The number of nitrogens with one attached hydrogen (secondary N) is 2. The lowest BCUT2D eigenvalue weighted by molar-refractivity contribution is -0.137. The minimum Gasteiger partial charge on any atom is -0.353 e. The fourth-order valence-corrected chi connectivity index (χ4v) is 2.38. The summed E-state index contributed by atoms with van der Waals surface area (Å²) in [6.07, 6.45) is -4.52. The third-order valence-electron chi connectivity index (χ3n) is 3.54. The van der Waals surface area contributed by atoms with E-state index in [0.717, 1.165) is 18.2 Å². The Balaban J connectivity index is 2.07. The topological polar surface area (TPSA) is 61.4 Å². The fraction of sp³-hybridized carbons (Fsp3) is 0.429. The molecule has 9 heteroatoms. The van der Waals surface area contributed by atoms with Gasteiger partial charge in [-0.15, -0.1) is 0 Å². The molecule has 0 saturated carbocycles. The van der Waals surface area contributed by atoms with Crippen molar-refractivity contribution in [2.75, 3.05) is 25.0 Å². The van der Waals surface area contributed by atoms with Crippen molar-refractivity contribution in [2.24, 2.45) is 0 Å². The van der Waals surface area contributed by atoms with Gasteiger partial charge in [0.15, 0.2) is 0 Å². The van der Waals surface area contributed by atoms with Crippen molar-refractivity contribution >= 4 is 29.1 Å². The molecule has 0 aromatic heterocycles. The first kappa shape index (κ1) is 17.6. The average molecular weight is 350 g/mol. The molecule has 1 aliphatic heterocycles. The highest BCUT2D eigenvalue weighted by Crippen LogP contribution is 2.33. The smallest absolute Gasteiger partial charge is 0.353 e. The van der Waals surface area contributed by atoms with Crippen LogP contribution in [0.4, 0.5) is 18.9 Å². The Bertz CT molecular complexity index is 622. The number of hydrogen-bond acceptors (Lipinski definition) is 3. The Hall–Kier alpha value is -1.80. The van der Waals surface area contributed by atoms with Gasteiger partial charge in [0.25, 0.3) is 0 Å². The molecule has 1 heterocycles. The number of amides is 2. The minimum atomic E-state index is -4.52. The maximum absolute atomic E-state index is 12.7. The second-order valence-electron chi connectivity index (χ2n) is 5.18. The normalized spacial score (nSPS) is 19.3. The van der Waals surface area contributed by atoms with Crippen LogP contribution >= 0.6 is 11.6 Å². The second-order valence-corrected chi connectivity index (χ2v) is 5.59. The highest BCUT2D eigenvalue weighted by atomic mass is 35.5. The number of carbonyl (C=O) groups is 2.